The van der Waals surface area contributed by atoms with Crippen molar-refractivity contribution >= 4 is 23.0 Å². The average Bonchev–Trinajstić information content (AvgIpc) is 2.18. The summed E-state index contributed by atoms with van der Waals surface area (Å²) in [4.78, 5) is 11.8. The number of nitrogens with zero attached hydrogens (tertiary/aromatic N) is 1. The van der Waals surface area contributed by atoms with Crippen LogP contribution in [0.4, 0.5) is 0 Å². The number of hydrogen-bond donors (Lipinski definition) is 1. The summed E-state index contributed by atoms with van der Waals surface area (Å²) in [5.74, 6) is -1.36. The summed E-state index contributed by atoms with van der Waals surface area (Å²) in [5.41, 5.74) is 6.64. The minimum absolute atomic E-state index is 0.0780. The van der Waals surface area contributed by atoms with Crippen LogP contribution in [0.5, 0.6) is 0 Å². The van der Waals surface area contributed by atoms with E-state index in [1.54, 1.807) is 25.1 Å². The zero-order chi connectivity index (χ0) is 11.4. The van der Waals surface area contributed by atoms with Gasteiger partial charge in [0.25, 0.3) is 0 Å². The fourth-order valence-electron chi connectivity index (χ4n) is 1.26. The second-order valence-electron chi connectivity index (χ2n) is 3.14. The normalized spacial score (nSPS) is 11.5. The molecule has 1 rings (SSSR count). The quantitative estimate of drug-likeness (QED) is 0.618. The van der Waals surface area contributed by atoms with E-state index in [0.717, 1.165) is 5.56 Å². The van der Waals surface area contributed by atoms with Crippen molar-refractivity contribution in [3.05, 3.63) is 35.4 Å². The van der Waals surface area contributed by atoms with E-state index in [0.29, 0.717) is 5.56 Å². The van der Waals surface area contributed by atoms with Crippen LogP contribution >= 0.6 is 12.2 Å². The molecule has 1 aromatic carbocycles. The third-order valence-electron chi connectivity index (χ3n) is 2.09. The predicted octanol–water partition coefficient (Wildman–Crippen LogP) is 1.60. The molecule has 0 aromatic heterocycles. The SMILES string of the molecule is Cc1ccccc1C(=O)C(C#N)C(N)=S. The Bertz CT molecular complexity index is 448. The van der Waals surface area contributed by atoms with E-state index in [-0.39, 0.29) is 10.8 Å². The summed E-state index contributed by atoms with van der Waals surface area (Å²) in [6.07, 6.45) is 0. The number of thiocarbonyl (C=S) groups is 1. The number of Topliss-reactive ketones (excluding diaryl/α,β-unsaturated/α-hetero) is 1. The van der Waals surface area contributed by atoms with Gasteiger partial charge in [0, 0.05) is 5.56 Å². The molecule has 0 aliphatic rings. The molecule has 1 atom stereocenters. The number of ketones is 1. The number of benzene rings is 1. The zero-order valence-corrected chi connectivity index (χ0v) is 9.04. The molecule has 0 amide bonds. The standard InChI is InChI=1S/C11H10N2OS/c1-7-4-2-3-5-8(7)10(14)9(6-12)11(13)15/h2-5,9H,1H3,(H2,13,15). The molecule has 2 N–H and O–H groups in total. The number of rotatable bonds is 3. The lowest BCUT2D eigenvalue weighted by Crippen LogP contribution is -2.27. The van der Waals surface area contributed by atoms with Crippen LogP contribution in [0.15, 0.2) is 24.3 Å². The van der Waals surface area contributed by atoms with Crippen molar-refractivity contribution < 1.29 is 4.79 Å². The van der Waals surface area contributed by atoms with Crippen LogP contribution in [0.3, 0.4) is 0 Å². The summed E-state index contributed by atoms with van der Waals surface area (Å²) in [6, 6.07) is 8.86. The molecule has 0 radical (unpaired) electrons. The molecular weight excluding hydrogens is 208 g/mol. The Kier molecular flexibility index (Phi) is 3.53. The third kappa shape index (κ3) is 2.39. The minimum Gasteiger partial charge on any atom is -0.392 e. The largest absolute Gasteiger partial charge is 0.392 e. The molecule has 0 heterocycles. The third-order valence-corrected chi connectivity index (χ3v) is 2.32. The Labute approximate surface area is 93.5 Å². The van der Waals surface area contributed by atoms with Gasteiger partial charge in [-0.2, -0.15) is 5.26 Å². The molecule has 0 aliphatic carbocycles. The molecule has 76 valence electrons. The van der Waals surface area contributed by atoms with Gasteiger partial charge in [0.05, 0.1) is 11.1 Å². The number of nitrogens with two attached hydrogens (primary N) is 1. The first-order valence-electron chi connectivity index (χ1n) is 4.36. The van der Waals surface area contributed by atoms with Gasteiger partial charge in [0.2, 0.25) is 0 Å². The van der Waals surface area contributed by atoms with E-state index in [4.69, 9.17) is 11.0 Å². The van der Waals surface area contributed by atoms with Crippen LogP contribution < -0.4 is 5.73 Å². The van der Waals surface area contributed by atoms with Crippen LogP contribution in [0.2, 0.25) is 0 Å². The Morgan fingerprint density at radius 2 is 2.13 bits per heavy atom. The van der Waals surface area contributed by atoms with Crippen LogP contribution in [0.1, 0.15) is 15.9 Å². The summed E-state index contributed by atoms with van der Waals surface area (Å²) < 4.78 is 0. The lowest BCUT2D eigenvalue weighted by Gasteiger charge is -2.08. The second-order valence-corrected chi connectivity index (χ2v) is 3.62. The summed E-state index contributed by atoms with van der Waals surface area (Å²) in [5, 5.41) is 8.78. The van der Waals surface area contributed by atoms with Crippen LogP contribution in [-0.4, -0.2) is 10.8 Å². The van der Waals surface area contributed by atoms with Crippen molar-refractivity contribution in [3.63, 3.8) is 0 Å². The topological polar surface area (TPSA) is 66.9 Å². The molecule has 0 saturated heterocycles. The van der Waals surface area contributed by atoms with Crippen LogP contribution in [0.25, 0.3) is 0 Å². The molecule has 1 unspecified atom stereocenters. The Hall–Kier alpha value is -1.73. The van der Waals surface area contributed by atoms with Crippen LogP contribution in [-0.2, 0) is 0 Å². The molecule has 0 fully saturated rings. The molecule has 3 nitrogen and oxygen atoms in total. The van der Waals surface area contributed by atoms with E-state index in [1.165, 1.54) is 0 Å². The van der Waals surface area contributed by atoms with Gasteiger partial charge >= 0.3 is 0 Å². The van der Waals surface area contributed by atoms with E-state index < -0.39 is 5.92 Å². The van der Waals surface area contributed by atoms with Gasteiger partial charge in [0.15, 0.2) is 11.7 Å². The van der Waals surface area contributed by atoms with E-state index >= 15 is 0 Å². The highest BCUT2D eigenvalue weighted by molar-refractivity contribution is 7.80. The smallest absolute Gasteiger partial charge is 0.187 e. The van der Waals surface area contributed by atoms with Gasteiger partial charge in [-0.25, -0.2) is 0 Å². The molecule has 0 spiro atoms. The second kappa shape index (κ2) is 4.67. The highest BCUT2D eigenvalue weighted by atomic mass is 32.1. The van der Waals surface area contributed by atoms with Crippen molar-refractivity contribution in [1.82, 2.24) is 0 Å². The Balaban J connectivity index is 3.10. The molecular formula is C11H10N2OS. The summed E-state index contributed by atoms with van der Waals surface area (Å²) in [7, 11) is 0. The number of carbonyl (C=O) groups is 1. The average molecular weight is 218 g/mol. The first kappa shape index (κ1) is 11.3. The first-order valence-corrected chi connectivity index (χ1v) is 4.77. The minimum atomic E-state index is -1.03. The highest BCUT2D eigenvalue weighted by Crippen LogP contribution is 2.13. The zero-order valence-electron chi connectivity index (χ0n) is 8.23. The Morgan fingerprint density at radius 1 is 1.53 bits per heavy atom. The molecule has 0 aliphatic heterocycles. The number of hydrogen-bond acceptors (Lipinski definition) is 3. The molecule has 15 heavy (non-hydrogen) atoms. The fraction of sp³-hybridized carbons (Fsp3) is 0.182. The summed E-state index contributed by atoms with van der Waals surface area (Å²) in [6.45, 7) is 1.81. The number of carbonyl (C=O) groups excluding carboxylic acids is 1. The van der Waals surface area contributed by atoms with Crippen LogP contribution in [0, 0.1) is 24.2 Å². The number of nitriles is 1. The fourth-order valence-corrected chi connectivity index (χ4v) is 1.42. The van der Waals surface area contributed by atoms with Crippen molar-refractivity contribution in [3.8, 4) is 6.07 Å². The van der Waals surface area contributed by atoms with Gasteiger partial charge in [-0.15, -0.1) is 0 Å². The lowest BCUT2D eigenvalue weighted by molar-refractivity contribution is 0.0975. The van der Waals surface area contributed by atoms with Crippen molar-refractivity contribution in [2.24, 2.45) is 11.7 Å². The molecule has 0 bridgehead atoms. The maximum absolute atomic E-state index is 11.8. The molecule has 0 saturated carbocycles. The van der Waals surface area contributed by atoms with E-state index in [9.17, 15) is 4.79 Å². The predicted molar refractivity (Wildman–Crippen MR) is 61.4 cm³/mol. The van der Waals surface area contributed by atoms with Crippen molar-refractivity contribution in [2.75, 3.05) is 0 Å². The van der Waals surface area contributed by atoms with E-state index in [2.05, 4.69) is 12.2 Å². The van der Waals surface area contributed by atoms with Crippen molar-refractivity contribution in [1.29, 1.82) is 5.26 Å². The maximum atomic E-state index is 11.8. The van der Waals surface area contributed by atoms with Gasteiger partial charge in [-0.1, -0.05) is 36.5 Å². The molecule has 4 heteroatoms. The van der Waals surface area contributed by atoms with E-state index in [1.807, 2.05) is 12.1 Å². The monoisotopic (exact) mass is 218 g/mol. The van der Waals surface area contributed by atoms with Gasteiger partial charge in [-0.3, -0.25) is 4.79 Å². The van der Waals surface area contributed by atoms with Gasteiger partial charge < -0.3 is 5.73 Å². The Morgan fingerprint density at radius 3 is 2.60 bits per heavy atom. The summed E-state index contributed by atoms with van der Waals surface area (Å²) >= 11 is 4.67. The highest BCUT2D eigenvalue weighted by Gasteiger charge is 2.23. The molecule has 1 aromatic rings. The lowest BCUT2D eigenvalue weighted by atomic mass is 9.95. The first-order chi connectivity index (χ1) is 7.07. The van der Waals surface area contributed by atoms with Gasteiger partial charge in [-0.05, 0) is 12.5 Å². The maximum Gasteiger partial charge on any atom is 0.187 e. The number of aryl methyl sites for hydroxylation is 1. The van der Waals surface area contributed by atoms with Crippen molar-refractivity contribution in [2.45, 2.75) is 6.92 Å². The van der Waals surface area contributed by atoms with Gasteiger partial charge in [0.1, 0.15) is 0 Å².